The average molecular weight is 685 g/mol. The van der Waals surface area contributed by atoms with Gasteiger partial charge in [-0.2, -0.15) is 0 Å². The summed E-state index contributed by atoms with van der Waals surface area (Å²) in [5.41, 5.74) is 10.1. The molecule has 0 aromatic heterocycles. The van der Waals surface area contributed by atoms with Crippen LogP contribution in [-0.2, 0) is 40.8 Å². The second kappa shape index (κ2) is 14.8. The molecule has 1 unspecified atom stereocenters. The maximum atomic E-state index is 13.8. The number of fused-ring (bicyclic) bond motifs is 6. The zero-order valence-corrected chi connectivity index (χ0v) is 29.3. The number of carbonyl (C=O) groups excluding carboxylic acids is 3. The molecule has 3 atom stereocenters. The Hall–Kier alpha value is -4.45. The van der Waals surface area contributed by atoms with Crippen molar-refractivity contribution in [2.45, 2.75) is 77.7 Å². The van der Waals surface area contributed by atoms with Crippen LogP contribution in [0.2, 0.25) is 0 Å². The minimum Gasteiger partial charge on any atom is -0.456 e. The lowest BCUT2D eigenvalue weighted by atomic mass is 9.77. The summed E-state index contributed by atoms with van der Waals surface area (Å²) in [6, 6.07) is 17.6. The van der Waals surface area contributed by atoms with E-state index in [0.717, 1.165) is 35.1 Å². The number of carbonyl (C=O) groups is 3. The molecule has 3 aromatic carbocycles. The molecule has 11 nitrogen and oxygen atoms in total. The van der Waals surface area contributed by atoms with Crippen molar-refractivity contribution in [3.05, 3.63) is 82.9 Å². The van der Waals surface area contributed by atoms with E-state index in [1.807, 2.05) is 64.1 Å². The molecule has 6 rings (SSSR count). The second-order valence-electron chi connectivity index (χ2n) is 14.4. The highest BCUT2D eigenvalue weighted by molar-refractivity contribution is 5.98. The fourth-order valence-electron chi connectivity index (χ4n) is 6.89. The van der Waals surface area contributed by atoms with Crippen molar-refractivity contribution in [2.75, 3.05) is 37.5 Å². The Kier molecular flexibility index (Phi) is 10.5. The Labute approximate surface area is 293 Å². The third kappa shape index (κ3) is 7.35. The molecule has 3 aliphatic heterocycles. The van der Waals surface area contributed by atoms with Gasteiger partial charge in [0.25, 0.3) is 0 Å². The van der Waals surface area contributed by atoms with Crippen LogP contribution in [0.1, 0.15) is 75.6 Å². The number of rotatable bonds is 14. The van der Waals surface area contributed by atoms with Gasteiger partial charge in [-0.3, -0.25) is 14.4 Å². The molecular formula is C39H48N4O7. The summed E-state index contributed by atoms with van der Waals surface area (Å²) in [6.45, 7) is 9.90. The monoisotopic (exact) mass is 684 g/mol. The van der Waals surface area contributed by atoms with Crippen LogP contribution < -0.4 is 26.4 Å². The van der Waals surface area contributed by atoms with Gasteiger partial charge < -0.3 is 40.6 Å². The zero-order valence-electron chi connectivity index (χ0n) is 29.3. The highest BCUT2D eigenvalue weighted by Gasteiger charge is 2.49. The Morgan fingerprint density at radius 3 is 2.38 bits per heavy atom. The van der Waals surface area contributed by atoms with E-state index < -0.39 is 23.6 Å². The molecule has 0 aliphatic carbocycles. The molecule has 1 fully saturated rings. The SMILES string of the molecule is CCCC[C@H](NC(=O)[C@H](CC(C)C)NC(=O)COCC1(C)COC1)C(=O)Nc1ccc2c(c1)Oc1cc(N)ccc1C21OCc2ccccc21. The fourth-order valence-corrected chi connectivity index (χ4v) is 6.89. The van der Waals surface area contributed by atoms with Crippen LogP contribution in [0.5, 0.6) is 11.5 Å². The standard InChI is InChI=1S/C39H48N4O7/c1-5-6-11-31(43-37(46)32(16-24(2)3)42-35(44)20-47-21-38(4)22-48-23-38)36(45)41-27-13-15-30-34(18-27)50-33-17-26(40)12-14-29(33)39(30)28-10-8-7-9-25(28)19-49-39/h7-10,12-15,17-18,24,31-32H,5-6,11,16,19-23,40H2,1-4H3,(H,41,45)(H,42,44)(H,43,46)/t31-,32-,39?/m0/s1. The quantitative estimate of drug-likeness (QED) is 0.165. The van der Waals surface area contributed by atoms with Crippen molar-refractivity contribution in [3.8, 4) is 11.5 Å². The summed E-state index contributed by atoms with van der Waals surface area (Å²) in [4.78, 5) is 40.2. The summed E-state index contributed by atoms with van der Waals surface area (Å²) < 4.78 is 23.9. The molecule has 5 N–H and O–H groups in total. The van der Waals surface area contributed by atoms with Gasteiger partial charge in [-0.25, -0.2) is 0 Å². The van der Waals surface area contributed by atoms with E-state index in [0.29, 0.717) is 62.1 Å². The predicted octanol–water partition coefficient (Wildman–Crippen LogP) is 5.39. The predicted molar refractivity (Wildman–Crippen MR) is 190 cm³/mol. The topological polar surface area (TPSA) is 150 Å². The molecule has 50 heavy (non-hydrogen) atoms. The van der Waals surface area contributed by atoms with E-state index in [-0.39, 0.29) is 29.8 Å². The minimum atomic E-state index is -0.891. The molecule has 11 heteroatoms. The molecule has 1 saturated heterocycles. The number of hydrogen-bond acceptors (Lipinski definition) is 8. The number of unbranched alkanes of at least 4 members (excludes halogenated alkanes) is 1. The first-order chi connectivity index (χ1) is 24.0. The number of hydrogen-bond donors (Lipinski definition) is 4. The maximum Gasteiger partial charge on any atom is 0.246 e. The lowest BCUT2D eigenvalue weighted by Gasteiger charge is -2.37. The van der Waals surface area contributed by atoms with Gasteiger partial charge in [0.05, 0.1) is 26.4 Å². The van der Waals surface area contributed by atoms with Crippen LogP contribution in [0, 0.1) is 11.3 Å². The van der Waals surface area contributed by atoms with Crippen LogP contribution in [0.3, 0.4) is 0 Å². The third-order valence-corrected chi connectivity index (χ3v) is 9.50. The Morgan fingerprint density at radius 1 is 0.920 bits per heavy atom. The molecule has 0 bridgehead atoms. The van der Waals surface area contributed by atoms with Gasteiger partial charge >= 0.3 is 0 Å². The van der Waals surface area contributed by atoms with Crippen LogP contribution >= 0.6 is 0 Å². The number of nitrogen functional groups attached to an aromatic ring is 1. The normalized spacial score (nSPS) is 19.3. The van der Waals surface area contributed by atoms with E-state index in [9.17, 15) is 14.4 Å². The Bertz CT molecular complexity index is 1740. The van der Waals surface area contributed by atoms with E-state index in [1.54, 1.807) is 12.1 Å². The first-order valence-corrected chi connectivity index (χ1v) is 17.5. The van der Waals surface area contributed by atoms with Crippen LogP contribution in [0.15, 0.2) is 60.7 Å². The maximum absolute atomic E-state index is 13.8. The summed E-state index contributed by atoms with van der Waals surface area (Å²) >= 11 is 0. The van der Waals surface area contributed by atoms with Crippen LogP contribution in [-0.4, -0.2) is 56.2 Å². The smallest absolute Gasteiger partial charge is 0.246 e. The second-order valence-corrected chi connectivity index (χ2v) is 14.4. The average Bonchev–Trinajstić information content (AvgIpc) is 3.44. The van der Waals surface area contributed by atoms with E-state index >= 15 is 0 Å². The van der Waals surface area contributed by atoms with E-state index in [4.69, 9.17) is 24.7 Å². The molecular weight excluding hydrogens is 636 g/mol. The van der Waals surface area contributed by atoms with Crippen molar-refractivity contribution in [3.63, 3.8) is 0 Å². The highest BCUT2D eigenvalue weighted by atomic mass is 16.5. The molecule has 3 heterocycles. The largest absolute Gasteiger partial charge is 0.456 e. The lowest BCUT2D eigenvalue weighted by molar-refractivity contribution is -0.147. The Balaban J connectivity index is 1.18. The minimum absolute atomic E-state index is 0.0886. The van der Waals surface area contributed by atoms with Crippen LogP contribution in [0.25, 0.3) is 0 Å². The number of amides is 3. The highest BCUT2D eigenvalue weighted by Crippen LogP contribution is 2.56. The number of nitrogens with two attached hydrogens (primary N) is 1. The van der Waals surface area contributed by atoms with E-state index in [1.165, 1.54) is 0 Å². The molecule has 266 valence electrons. The van der Waals surface area contributed by atoms with Crippen LogP contribution in [0.4, 0.5) is 11.4 Å². The molecule has 0 saturated carbocycles. The molecule has 0 radical (unpaired) electrons. The summed E-state index contributed by atoms with van der Waals surface area (Å²) in [5, 5.41) is 8.74. The molecule has 3 amide bonds. The zero-order chi connectivity index (χ0) is 35.5. The fraction of sp³-hybridized carbons (Fsp3) is 0.462. The number of benzene rings is 3. The van der Waals surface area contributed by atoms with Crippen molar-refractivity contribution in [1.82, 2.24) is 10.6 Å². The van der Waals surface area contributed by atoms with Crippen molar-refractivity contribution < 1.29 is 33.3 Å². The summed E-state index contributed by atoms with van der Waals surface area (Å²) in [5.74, 6) is 0.0836. The summed E-state index contributed by atoms with van der Waals surface area (Å²) in [6.07, 6.45) is 2.40. The first kappa shape index (κ1) is 35.4. The molecule has 3 aliphatic rings. The van der Waals surface area contributed by atoms with Crippen molar-refractivity contribution in [1.29, 1.82) is 0 Å². The summed E-state index contributed by atoms with van der Waals surface area (Å²) in [7, 11) is 0. The third-order valence-electron chi connectivity index (χ3n) is 9.50. The Morgan fingerprint density at radius 2 is 1.66 bits per heavy atom. The van der Waals surface area contributed by atoms with Gasteiger partial charge in [0.15, 0.2) is 5.60 Å². The number of anilines is 2. The van der Waals surface area contributed by atoms with Gasteiger partial charge in [0.2, 0.25) is 17.7 Å². The molecule has 3 aromatic rings. The van der Waals surface area contributed by atoms with Gasteiger partial charge in [0, 0.05) is 40.0 Å². The molecule has 1 spiro atoms. The van der Waals surface area contributed by atoms with Gasteiger partial charge in [0.1, 0.15) is 30.2 Å². The van der Waals surface area contributed by atoms with Gasteiger partial charge in [-0.15, -0.1) is 0 Å². The van der Waals surface area contributed by atoms with Gasteiger partial charge in [-0.1, -0.05) is 64.8 Å². The van der Waals surface area contributed by atoms with Crippen molar-refractivity contribution in [2.24, 2.45) is 11.3 Å². The number of ether oxygens (including phenoxy) is 4. The lowest BCUT2D eigenvalue weighted by Crippen LogP contribution is -2.53. The first-order valence-electron chi connectivity index (χ1n) is 17.5. The van der Waals surface area contributed by atoms with E-state index in [2.05, 4.69) is 28.1 Å². The number of nitrogens with one attached hydrogen (secondary N) is 3. The van der Waals surface area contributed by atoms with Gasteiger partial charge in [-0.05, 0) is 54.2 Å². The van der Waals surface area contributed by atoms with Crippen molar-refractivity contribution >= 4 is 29.1 Å².